The van der Waals surface area contributed by atoms with Crippen molar-refractivity contribution in [3.8, 4) is 0 Å². The van der Waals surface area contributed by atoms with E-state index in [-0.39, 0.29) is 12.3 Å². The van der Waals surface area contributed by atoms with Crippen LogP contribution in [0.1, 0.15) is 6.42 Å². The van der Waals surface area contributed by atoms with Gasteiger partial charge in [-0.2, -0.15) is 0 Å². The predicted octanol–water partition coefficient (Wildman–Crippen LogP) is 5.00. The second-order valence-electron chi connectivity index (χ2n) is 7.49. The third-order valence-corrected chi connectivity index (χ3v) is 10.9. The molecule has 4 aromatic rings. The van der Waals surface area contributed by atoms with E-state index in [1.54, 1.807) is 0 Å². The summed E-state index contributed by atoms with van der Waals surface area (Å²) in [6.07, 6.45) is 2.08. The second-order valence-corrected chi connectivity index (χ2v) is 12.3. The van der Waals surface area contributed by atoms with Gasteiger partial charge in [0.25, 0.3) is 0 Å². The van der Waals surface area contributed by atoms with Crippen LogP contribution in [-0.4, -0.2) is 23.5 Å². The fourth-order valence-corrected chi connectivity index (χ4v) is 9.28. The molecule has 1 atom stereocenters. The molecule has 1 N–H and O–H groups in total. The summed E-state index contributed by atoms with van der Waals surface area (Å²) >= 11 is 0. The summed E-state index contributed by atoms with van der Waals surface area (Å²) in [6.45, 7) is 0.211. The van der Waals surface area contributed by atoms with Gasteiger partial charge in [0.1, 0.15) is 0 Å². The van der Waals surface area contributed by atoms with Gasteiger partial charge in [0.2, 0.25) is 0 Å². The Hall–Kier alpha value is -2.30. The Morgan fingerprint density at radius 3 is 1.23 bits per heavy atom. The fraction of sp³-hybridized carbons (Fsp3) is 0.143. The maximum Gasteiger partial charge on any atom is 0.0504 e. The zero-order valence-corrected chi connectivity index (χ0v) is 19.4. The summed E-state index contributed by atoms with van der Waals surface area (Å²) in [5.41, 5.74) is 0.234. The molecule has 0 aliphatic rings. The Morgan fingerprint density at radius 1 is 0.516 bits per heavy atom. The first-order valence-corrected chi connectivity index (χ1v) is 13.7. The lowest BCUT2D eigenvalue weighted by atomic mass is 10.3. The average Bonchev–Trinajstić information content (AvgIpc) is 2.86. The Morgan fingerprint density at radius 2 is 0.871 bits per heavy atom. The Bertz CT molecular complexity index is 945. The van der Waals surface area contributed by atoms with E-state index in [0.717, 1.165) is 12.6 Å². The highest BCUT2D eigenvalue weighted by Gasteiger charge is 2.25. The van der Waals surface area contributed by atoms with Crippen molar-refractivity contribution in [1.29, 1.82) is 0 Å². The van der Waals surface area contributed by atoms with Crippen LogP contribution in [0.15, 0.2) is 121 Å². The number of aliphatic hydroxyl groups is 1. The second kappa shape index (κ2) is 11.4. The molecule has 0 spiro atoms. The fourth-order valence-electron chi connectivity index (χ4n) is 3.95. The van der Waals surface area contributed by atoms with Gasteiger partial charge in [-0.3, -0.25) is 0 Å². The third-order valence-electron chi connectivity index (χ3n) is 5.47. The van der Waals surface area contributed by atoms with Crippen molar-refractivity contribution in [2.24, 2.45) is 0 Å². The van der Waals surface area contributed by atoms with Gasteiger partial charge in [-0.05, 0) is 49.6 Å². The van der Waals surface area contributed by atoms with Gasteiger partial charge in [-0.15, -0.1) is 0 Å². The van der Waals surface area contributed by atoms with Gasteiger partial charge in [-0.25, -0.2) is 0 Å². The molecule has 0 saturated carbocycles. The zero-order chi connectivity index (χ0) is 21.3. The van der Waals surface area contributed by atoms with Crippen molar-refractivity contribution in [1.82, 2.24) is 0 Å². The van der Waals surface area contributed by atoms with E-state index >= 15 is 0 Å². The first-order chi connectivity index (χ1) is 15.4. The molecule has 4 aromatic carbocycles. The van der Waals surface area contributed by atoms with Crippen LogP contribution in [0.2, 0.25) is 0 Å². The van der Waals surface area contributed by atoms with Gasteiger partial charge < -0.3 is 5.11 Å². The van der Waals surface area contributed by atoms with Gasteiger partial charge in [0.05, 0.1) is 6.61 Å². The van der Waals surface area contributed by atoms with Crippen LogP contribution >= 0.6 is 15.8 Å². The SMILES string of the molecule is OCC(CCP(c1ccccc1)c1ccccc1)P(c1ccccc1)c1ccccc1. The number of benzene rings is 4. The van der Waals surface area contributed by atoms with Gasteiger partial charge in [0.15, 0.2) is 0 Å². The summed E-state index contributed by atoms with van der Waals surface area (Å²) < 4.78 is 0. The van der Waals surface area contributed by atoms with Crippen LogP contribution in [0.25, 0.3) is 0 Å². The number of aliphatic hydroxyl groups excluding tert-OH is 1. The smallest absolute Gasteiger partial charge is 0.0504 e. The van der Waals surface area contributed by atoms with Crippen LogP contribution in [0, 0.1) is 0 Å². The molecule has 0 aromatic heterocycles. The van der Waals surface area contributed by atoms with Crippen molar-refractivity contribution in [3.63, 3.8) is 0 Å². The van der Waals surface area contributed by atoms with Gasteiger partial charge >= 0.3 is 0 Å². The summed E-state index contributed by atoms with van der Waals surface area (Å²) in [6, 6.07) is 43.2. The molecule has 4 rings (SSSR count). The van der Waals surface area contributed by atoms with Crippen LogP contribution in [0.3, 0.4) is 0 Å². The van der Waals surface area contributed by atoms with Crippen molar-refractivity contribution < 1.29 is 5.11 Å². The lowest BCUT2D eigenvalue weighted by Gasteiger charge is -2.29. The molecule has 31 heavy (non-hydrogen) atoms. The highest BCUT2D eigenvalue weighted by atomic mass is 31.1. The number of hydrogen-bond donors (Lipinski definition) is 1. The number of hydrogen-bond acceptors (Lipinski definition) is 1. The monoisotopic (exact) mass is 442 g/mol. The van der Waals surface area contributed by atoms with Crippen molar-refractivity contribution in [2.75, 3.05) is 12.8 Å². The molecule has 0 bridgehead atoms. The third kappa shape index (κ3) is 5.69. The van der Waals surface area contributed by atoms with Crippen LogP contribution in [0.5, 0.6) is 0 Å². The molecule has 156 valence electrons. The highest BCUT2D eigenvalue weighted by Crippen LogP contribution is 2.44. The Kier molecular flexibility index (Phi) is 8.03. The molecule has 0 aliphatic carbocycles. The van der Waals surface area contributed by atoms with Crippen molar-refractivity contribution >= 4 is 37.1 Å². The summed E-state index contributed by atoms with van der Waals surface area (Å²) in [4.78, 5) is 0. The van der Waals surface area contributed by atoms with E-state index in [0.29, 0.717) is 0 Å². The van der Waals surface area contributed by atoms with Gasteiger partial charge in [-0.1, -0.05) is 121 Å². The van der Waals surface area contributed by atoms with E-state index in [4.69, 9.17) is 0 Å². The summed E-state index contributed by atoms with van der Waals surface area (Å²) in [5.74, 6) is 0. The maximum atomic E-state index is 10.5. The molecule has 0 aliphatic heterocycles. The van der Waals surface area contributed by atoms with Crippen molar-refractivity contribution in [2.45, 2.75) is 12.1 Å². The minimum atomic E-state index is -0.622. The van der Waals surface area contributed by atoms with E-state index < -0.39 is 15.8 Å². The molecule has 1 nitrogen and oxygen atoms in total. The molecular weight excluding hydrogens is 414 g/mol. The molecule has 0 fully saturated rings. The lowest BCUT2D eigenvalue weighted by Crippen LogP contribution is -2.26. The van der Waals surface area contributed by atoms with E-state index in [2.05, 4.69) is 121 Å². The average molecular weight is 442 g/mol. The normalized spacial score (nSPS) is 12.2. The molecule has 1 unspecified atom stereocenters. The topological polar surface area (TPSA) is 20.2 Å². The van der Waals surface area contributed by atoms with Crippen LogP contribution in [-0.2, 0) is 0 Å². The highest BCUT2D eigenvalue weighted by molar-refractivity contribution is 7.74. The van der Waals surface area contributed by atoms with Gasteiger partial charge in [0, 0.05) is 5.66 Å². The predicted molar refractivity (Wildman–Crippen MR) is 139 cm³/mol. The van der Waals surface area contributed by atoms with Crippen molar-refractivity contribution in [3.05, 3.63) is 121 Å². The minimum Gasteiger partial charge on any atom is -0.396 e. The first-order valence-electron chi connectivity index (χ1n) is 10.7. The molecule has 3 heteroatoms. The molecule has 0 heterocycles. The standard InChI is InChI=1S/C28H28OP2/c29-23-28(31(26-17-9-3-10-18-26)27-19-11-4-12-20-27)21-22-30(24-13-5-1-6-14-24)25-15-7-2-8-16-25/h1-20,28-29H,21-23H2. The minimum absolute atomic E-state index is 0.211. The molecule has 0 saturated heterocycles. The Balaban J connectivity index is 1.63. The van der Waals surface area contributed by atoms with E-state index in [1.165, 1.54) is 21.2 Å². The first kappa shape index (κ1) is 21.9. The molecular formula is C28H28OP2. The number of rotatable bonds is 9. The van der Waals surface area contributed by atoms with E-state index in [1.807, 2.05) is 0 Å². The lowest BCUT2D eigenvalue weighted by molar-refractivity contribution is 0.292. The van der Waals surface area contributed by atoms with Crippen LogP contribution < -0.4 is 21.2 Å². The molecule has 0 amide bonds. The Labute approximate surface area is 188 Å². The maximum absolute atomic E-state index is 10.5. The zero-order valence-electron chi connectivity index (χ0n) is 17.6. The largest absolute Gasteiger partial charge is 0.396 e. The quantitative estimate of drug-likeness (QED) is 0.362. The molecule has 0 radical (unpaired) electrons. The summed E-state index contributed by atoms with van der Waals surface area (Å²) in [5, 5.41) is 16.0. The van der Waals surface area contributed by atoms with E-state index in [9.17, 15) is 5.11 Å². The van der Waals surface area contributed by atoms with Crippen LogP contribution in [0.4, 0.5) is 0 Å². The summed E-state index contributed by atoms with van der Waals surface area (Å²) in [7, 11) is -1.07.